The maximum absolute atomic E-state index is 13.7. The summed E-state index contributed by atoms with van der Waals surface area (Å²) in [5.41, 5.74) is 5.55. The lowest BCUT2D eigenvalue weighted by Crippen LogP contribution is -2.27. The van der Waals surface area contributed by atoms with Crippen molar-refractivity contribution < 1.29 is 19.0 Å². The van der Waals surface area contributed by atoms with E-state index in [0.29, 0.717) is 17.9 Å². The minimum Gasteiger partial charge on any atom is -0.497 e. The predicted octanol–water partition coefficient (Wildman–Crippen LogP) is 5.69. The van der Waals surface area contributed by atoms with Gasteiger partial charge in [0, 0.05) is 23.3 Å². The van der Waals surface area contributed by atoms with E-state index in [2.05, 4.69) is 10.6 Å². The molecule has 2 N–H and O–H groups in total. The number of anilines is 2. The number of carbonyl (C=O) groups is 1. The van der Waals surface area contributed by atoms with Crippen molar-refractivity contribution in [3.05, 3.63) is 89.1 Å². The summed E-state index contributed by atoms with van der Waals surface area (Å²) in [6.45, 7) is 0. The van der Waals surface area contributed by atoms with Gasteiger partial charge in [-0.25, -0.2) is 0 Å². The molecule has 2 aliphatic rings. The van der Waals surface area contributed by atoms with Crippen molar-refractivity contribution in [2.75, 3.05) is 32.0 Å². The van der Waals surface area contributed by atoms with Gasteiger partial charge in [-0.05, 0) is 48.2 Å². The van der Waals surface area contributed by atoms with Gasteiger partial charge in [0.15, 0.2) is 17.3 Å². The molecule has 174 valence electrons. The number of ketones is 1. The van der Waals surface area contributed by atoms with Crippen LogP contribution in [0.1, 0.15) is 35.9 Å². The Hall–Kier alpha value is -3.93. The normalized spacial score (nSPS) is 19.2. The fourth-order valence-corrected chi connectivity index (χ4v) is 4.98. The highest BCUT2D eigenvalue weighted by Crippen LogP contribution is 2.47. The number of benzene rings is 3. The summed E-state index contributed by atoms with van der Waals surface area (Å²) in [6, 6.07) is 21.4. The fourth-order valence-electron chi connectivity index (χ4n) is 4.98. The van der Waals surface area contributed by atoms with Crippen LogP contribution >= 0.6 is 0 Å². The third-order valence-electron chi connectivity index (χ3n) is 6.64. The lowest BCUT2D eigenvalue weighted by atomic mass is 9.78. The van der Waals surface area contributed by atoms with Crippen LogP contribution in [-0.4, -0.2) is 27.1 Å². The second kappa shape index (κ2) is 9.14. The number of hydrogen-bond acceptors (Lipinski definition) is 6. The lowest BCUT2D eigenvalue weighted by molar-refractivity contribution is -0.116. The Balaban J connectivity index is 1.62. The molecule has 6 heteroatoms. The van der Waals surface area contributed by atoms with Gasteiger partial charge in [-0.15, -0.1) is 0 Å². The number of para-hydroxylation sites is 3. The highest BCUT2D eigenvalue weighted by Gasteiger charge is 2.37. The molecule has 1 aliphatic carbocycles. The first kappa shape index (κ1) is 21.9. The van der Waals surface area contributed by atoms with Gasteiger partial charge in [-0.2, -0.15) is 0 Å². The number of fused-ring (bicyclic) bond motifs is 1. The topological polar surface area (TPSA) is 68.8 Å². The smallest absolute Gasteiger partial charge is 0.166 e. The van der Waals surface area contributed by atoms with Crippen LogP contribution in [0.2, 0.25) is 0 Å². The summed E-state index contributed by atoms with van der Waals surface area (Å²) in [7, 11) is 4.90. The number of allylic oxidation sites excluding steroid dienone is 1. The average Bonchev–Trinajstić information content (AvgIpc) is 3.05. The summed E-state index contributed by atoms with van der Waals surface area (Å²) in [5, 5.41) is 7.19. The highest BCUT2D eigenvalue weighted by atomic mass is 16.5. The van der Waals surface area contributed by atoms with Crippen LogP contribution in [0.15, 0.2) is 78.0 Å². The van der Waals surface area contributed by atoms with E-state index in [9.17, 15) is 4.79 Å². The molecule has 0 unspecified atom stereocenters. The molecule has 1 aliphatic heterocycles. The van der Waals surface area contributed by atoms with Crippen LogP contribution in [0, 0.1) is 0 Å². The number of rotatable bonds is 5. The quantitative estimate of drug-likeness (QED) is 0.514. The van der Waals surface area contributed by atoms with Gasteiger partial charge >= 0.3 is 0 Å². The fraction of sp³-hybridized carbons (Fsp3) is 0.250. The first-order valence-corrected chi connectivity index (χ1v) is 11.4. The Morgan fingerprint density at radius 3 is 2.26 bits per heavy atom. The van der Waals surface area contributed by atoms with Gasteiger partial charge in [0.2, 0.25) is 0 Å². The van der Waals surface area contributed by atoms with Crippen molar-refractivity contribution in [3.8, 4) is 17.2 Å². The summed E-state index contributed by atoms with van der Waals surface area (Å²) in [5.74, 6) is 2.27. The van der Waals surface area contributed by atoms with Crippen molar-refractivity contribution in [2.24, 2.45) is 0 Å². The Morgan fingerprint density at radius 2 is 1.56 bits per heavy atom. The van der Waals surface area contributed by atoms with E-state index in [1.807, 2.05) is 66.7 Å². The SMILES string of the molecule is COc1ccc([C@@H]2CC(=O)C3=C(C2)Nc2ccccc2N[C@@H]3c2cccc(OC)c2OC)cc1. The monoisotopic (exact) mass is 456 g/mol. The standard InChI is InChI=1S/C28H28N2O4/c1-32-19-13-11-17(12-14-19)18-15-23-26(24(31)16-18)27(30-22-9-5-4-8-21(22)29-23)20-7-6-10-25(33-2)28(20)34-3/h4-14,18,27,29-30H,15-16H2,1-3H3/t18-,27+/m0/s1. The Bertz CT molecular complexity index is 1250. The number of Topliss-reactive ketones (excluding diaryl/α,β-unsaturated/α-hetero) is 1. The van der Waals surface area contributed by atoms with Gasteiger partial charge in [0.25, 0.3) is 0 Å². The molecule has 0 fully saturated rings. The van der Waals surface area contributed by atoms with E-state index in [4.69, 9.17) is 14.2 Å². The molecule has 0 spiro atoms. The summed E-state index contributed by atoms with van der Waals surface area (Å²) in [4.78, 5) is 13.7. The van der Waals surface area contributed by atoms with Gasteiger partial charge in [-0.1, -0.05) is 36.4 Å². The molecule has 0 saturated carbocycles. The predicted molar refractivity (Wildman–Crippen MR) is 133 cm³/mol. The average molecular weight is 457 g/mol. The minimum absolute atomic E-state index is 0.0859. The third kappa shape index (κ3) is 3.85. The number of nitrogens with one attached hydrogen (secondary N) is 2. The van der Waals surface area contributed by atoms with Crippen LogP contribution in [-0.2, 0) is 4.79 Å². The number of ether oxygens (including phenoxy) is 3. The Kier molecular flexibility index (Phi) is 5.88. The van der Waals surface area contributed by atoms with E-state index in [0.717, 1.165) is 45.9 Å². The van der Waals surface area contributed by atoms with Crippen LogP contribution in [0.4, 0.5) is 11.4 Å². The van der Waals surface area contributed by atoms with Crippen LogP contribution in [0.3, 0.4) is 0 Å². The molecule has 1 heterocycles. The van der Waals surface area contributed by atoms with Crippen molar-refractivity contribution >= 4 is 17.2 Å². The van der Waals surface area contributed by atoms with Gasteiger partial charge in [-0.3, -0.25) is 4.79 Å². The van der Waals surface area contributed by atoms with Crippen LogP contribution < -0.4 is 24.8 Å². The van der Waals surface area contributed by atoms with E-state index in [-0.39, 0.29) is 17.7 Å². The zero-order valence-corrected chi connectivity index (χ0v) is 19.6. The molecule has 3 aromatic carbocycles. The van der Waals surface area contributed by atoms with Gasteiger partial charge in [0.1, 0.15) is 5.75 Å². The molecular formula is C28H28N2O4. The first-order valence-electron chi connectivity index (χ1n) is 11.4. The third-order valence-corrected chi connectivity index (χ3v) is 6.64. The lowest BCUT2D eigenvalue weighted by Gasteiger charge is -2.30. The van der Waals surface area contributed by atoms with Crippen molar-refractivity contribution in [3.63, 3.8) is 0 Å². The summed E-state index contributed by atoms with van der Waals surface area (Å²) in [6.07, 6.45) is 1.17. The molecular weight excluding hydrogens is 428 g/mol. The second-order valence-electron chi connectivity index (χ2n) is 8.52. The molecule has 2 atom stereocenters. The molecule has 0 aromatic heterocycles. The molecule has 0 amide bonds. The maximum Gasteiger partial charge on any atom is 0.166 e. The summed E-state index contributed by atoms with van der Waals surface area (Å²) < 4.78 is 16.6. The molecule has 6 nitrogen and oxygen atoms in total. The molecule has 0 radical (unpaired) electrons. The molecule has 3 aromatic rings. The highest BCUT2D eigenvalue weighted by molar-refractivity contribution is 6.01. The summed E-state index contributed by atoms with van der Waals surface area (Å²) >= 11 is 0. The first-order chi connectivity index (χ1) is 16.6. The number of hydrogen-bond donors (Lipinski definition) is 2. The van der Waals surface area contributed by atoms with E-state index < -0.39 is 0 Å². The van der Waals surface area contributed by atoms with E-state index in [1.54, 1.807) is 21.3 Å². The van der Waals surface area contributed by atoms with Crippen molar-refractivity contribution in [1.29, 1.82) is 0 Å². The number of carbonyl (C=O) groups excluding carboxylic acids is 1. The van der Waals surface area contributed by atoms with Crippen LogP contribution in [0.5, 0.6) is 17.2 Å². The molecule has 0 saturated heterocycles. The van der Waals surface area contributed by atoms with E-state index in [1.165, 1.54) is 0 Å². The maximum atomic E-state index is 13.7. The molecule has 5 rings (SSSR count). The second-order valence-corrected chi connectivity index (χ2v) is 8.52. The zero-order chi connectivity index (χ0) is 23.7. The molecule has 0 bridgehead atoms. The molecule has 34 heavy (non-hydrogen) atoms. The zero-order valence-electron chi connectivity index (χ0n) is 19.6. The van der Waals surface area contributed by atoms with Crippen molar-refractivity contribution in [2.45, 2.75) is 24.8 Å². The minimum atomic E-state index is -0.375. The Morgan fingerprint density at radius 1 is 0.794 bits per heavy atom. The largest absolute Gasteiger partial charge is 0.497 e. The van der Waals surface area contributed by atoms with Crippen LogP contribution in [0.25, 0.3) is 0 Å². The Labute approximate surface area is 199 Å². The van der Waals surface area contributed by atoms with E-state index >= 15 is 0 Å². The van der Waals surface area contributed by atoms with Gasteiger partial charge in [0.05, 0.1) is 38.7 Å². The number of methoxy groups -OCH3 is 3. The van der Waals surface area contributed by atoms with Gasteiger partial charge < -0.3 is 24.8 Å². The van der Waals surface area contributed by atoms with Crippen molar-refractivity contribution in [1.82, 2.24) is 0 Å².